The van der Waals surface area contributed by atoms with Crippen molar-refractivity contribution in [1.29, 1.82) is 0 Å². The molecule has 5 nitrogen and oxygen atoms in total. The molecule has 0 aliphatic heterocycles. The molecular weight excluding hydrogens is 352 g/mol. The fourth-order valence-electron chi connectivity index (χ4n) is 3.08. The van der Waals surface area contributed by atoms with Crippen molar-refractivity contribution in [3.63, 3.8) is 0 Å². The van der Waals surface area contributed by atoms with Crippen LogP contribution in [0.2, 0.25) is 0 Å². The van der Waals surface area contributed by atoms with Crippen LogP contribution in [0.5, 0.6) is 0 Å². The smallest absolute Gasteiger partial charge is 0.338 e. The molecule has 1 saturated carbocycles. The fraction of sp³-hybridized carbons (Fsp3) is 0.350. The van der Waals surface area contributed by atoms with Gasteiger partial charge in [0.05, 0.1) is 23.2 Å². The van der Waals surface area contributed by atoms with E-state index < -0.39 is 22.2 Å². The maximum absolute atomic E-state index is 12.5. The van der Waals surface area contributed by atoms with Crippen LogP contribution in [0.25, 0.3) is 0 Å². The van der Waals surface area contributed by atoms with E-state index in [0.29, 0.717) is 12.0 Å². The van der Waals surface area contributed by atoms with Crippen LogP contribution in [0.4, 0.5) is 0 Å². The lowest BCUT2D eigenvalue weighted by atomic mass is 10.1. The average Bonchev–Trinajstić information content (AvgIpc) is 3.07. The molecule has 0 bridgehead atoms. The molecule has 0 spiro atoms. The minimum Gasteiger partial charge on any atom is -0.462 e. The minimum absolute atomic E-state index is 0.122. The van der Waals surface area contributed by atoms with Crippen LogP contribution in [-0.2, 0) is 19.0 Å². The van der Waals surface area contributed by atoms with Crippen molar-refractivity contribution in [2.24, 2.45) is 5.92 Å². The first-order valence-corrected chi connectivity index (χ1v) is 10.1. The molecule has 138 valence electrons. The second-order valence-corrected chi connectivity index (χ2v) is 8.13. The van der Waals surface area contributed by atoms with Crippen LogP contribution in [0.3, 0.4) is 0 Å². The summed E-state index contributed by atoms with van der Waals surface area (Å²) in [5.41, 5.74) is 1.46. The van der Waals surface area contributed by atoms with Crippen molar-refractivity contribution in [1.82, 2.24) is 0 Å². The van der Waals surface area contributed by atoms with E-state index in [1.807, 2.05) is 13.0 Å². The van der Waals surface area contributed by atoms with Crippen LogP contribution < -0.4 is 0 Å². The molecule has 0 N–H and O–H groups in total. The predicted molar refractivity (Wildman–Crippen MR) is 97.3 cm³/mol. The van der Waals surface area contributed by atoms with Crippen molar-refractivity contribution in [2.75, 3.05) is 6.61 Å². The molecule has 0 saturated heterocycles. The van der Waals surface area contributed by atoms with Crippen molar-refractivity contribution in [2.45, 2.75) is 37.2 Å². The Balaban J connectivity index is 1.61. The van der Waals surface area contributed by atoms with Gasteiger partial charge in [-0.3, -0.25) is 4.18 Å². The maximum Gasteiger partial charge on any atom is 0.338 e. The highest BCUT2D eigenvalue weighted by Gasteiger charge is 2.33. The summed E-state index contributed by atoms with van der Waals surface area (Å²) in [6.07, 6.45) is 1.79. The summed E-state index contributed by atoms with van der Waals surface area (Å²) in [7, 11) is -3.82. The molecule has 1 fully saturated rings. The lowest BCUT2D eigenvalue weighted by Gasteiger charge is -2.19. The second kappa shape index (κ2) is 8.01. The first-order chi connectivity index (χ1) is 12.5. The summed E-state index contributed by atoms with van der Waals surface area (Å²) >= 11 is 0. The molecule has 1 aliphatic rings. The van der Waals surface area contributed by atoms with Gasteiger partial charge in [0, 0.05) is 5.92 Å². The van der Waals surface area contributed by atoms with Gasteiger partial charge in [0.15, 0.2) is 0 Å². The SMILES string of the molecule is Cc1ccc(S(=O)(=O)O[C@@H]2CCC[C@H]2COC(=O)c2ccccc2)cc1. The van der Waals surface area contributed by atoms with Gasteiger partial charge in [0.1, 0.15) is 0 Å². The van der Waals surface area contributed by atoms with Gasteiger partial charge in [-0.1, -0.05) is 42.3 Å². The van der Waals surface area contributed by atoms with E-state index >= 15 is 0 Å². The zero-order chi connectivity index (χ0) is 18.6. The van der Waals surface area contributed by atoms with Crippen molar-refractivity contribution in [3.8, 4) is 0 Å². The Morgan fingerprint density at radius 3 is 2.42 bits per heavy atom. The van der Waals surface area contributed by atoms with Crippen LogP contribution in [0.15, 0.2) is 59.5 Å². The first-order valence-electron chi connectivity index (χ1n) is 8.68. The van der Waals surface area contributed by atoms with Crippen LogP contribution >= 0.6 is 0 Å². The third kappa shape index (κ3) is 4.51. The number of carbonyl (C=O) groups excluding carboxylic acids is 1. The van der Waals surface area contributed by atoms with Gasteiger partial charge in [-0.2, -0.15) is 8.42 Å². The molecule has 6 heteroatoms. The molecule has 1 aliphatic carbocycles. The lowest BCUT2D eigenvalue weighted by Crippen LogP contribution is -2.26. The Bertz CT molecular complexity index is 844. The fourth-order valence-corrected chi connectivity index (χ4v) is 4.24. The topological polar surface area (TPSA) is 69.7 Å². The molecule has 2 aromatic carbocycles. The molecule has 3 rings (SSSR count). The van der Waals surface area contributed by atoms with E-state index in [9.17, 15) is 13.2 Å². The standard InChI is InChI=1S/C20H22O5S/c1-15-10-12-18(13-11-15)26(22,23)25-19-9-5-8-17(19)14-24-20(21)16-6-3-2-4-7-16/h2-4,6-7,10-13,17,19H,5,8-9,14H2,1H3/t17-,19+/m0/s1. The quantitative estimate of drug-likeness (QED) is 0.569. The summed E-state index contributed by atoms with van der Waals surface area (Å²) in [5.74, 6) is -0.527. The summed E-state index contributed by atoms with van der Waals surface area (Å²) in [5, 5.41) is 0. The molecule has 26 heavy (non-hydrogen) atoms. The highest BCUT2D eigenvalue weighted by molar-refractivity contribution is 7.86. The number of hydrogen-bond donors (Lipinski definition) is 0. The van der Waals surface area contributed by atoms with Gasteiger partial charge >= 0.3 is 5.97 Å². The summed E-state index contributed by atoms with van der Waals surface area (Å²) in [6, 6.07) is 15.3. The summed E-state index contributed by atoms with van der Waals surface area (Å²) in [6.45, 7) is 2.05. The van der Waals surface area contributed by atoms with Crippen LogP contribution in [-0.4, -0.2) is 27.1 Å². The van der Waals surface area contributed by atoms with Gasteiger partial charge < -0.3 is 4.74 Å². The second-order valence-electron chi connectivity index (χ2n) is 6.56. The molecule has 2 atom stereocenters. The van der Waals surface area contributed by atoms with E-state index in [0.717, 1.165) is 18.4 Å². The zero-order valence-corrected chi connectivity index (χ0v) is 15.4. The Labute approximate surface area is 154 Å². The third-order valence-electron chi connectivity index (χ3n) is 4.59. The molecule has 2 aromatic rings. The van der Waals surface area contributed by atoms with E-state index in [2.05, 4.69) is 0 Å². The number of esters is 1. The Hall–Kier alpha value is -2.18. The zero-order valence-electron chi connectivity index (χ0n) is 14.6. The minimum atomic E-state index is -3.82. The Kier molecular flexibility index (Phi) is 5.74. The molecule has 0 radical (unpaired) electrons. The number of carbonyl (C=O) groups is 1. The monoisotopic (exact) mass is 374 g/mol. The number of hydrogen-bond acceptors (Lipinski definition) is 5. The lowest BCUT2D eigenvalue weighted by molar-refractivity contribution is 0.0346. The summed E-state index contributed by atoms with van der Waals surface area (Å²) in [4.78, 5) is 12.2. The van der Waals surface area contributed by atoms with Crippen LogP contribution in [0.1, 0.15) is 35.2 Å². The molecular formula is C20H22O5S. The molecule has 0 heterocycles. The molecule has 0 amide bonds. The average molecular weight is 374 g/mol. The van der Waals surface area contributed by atoms with E-state index in [1.165, 1.54) is 0 Å². The predicted octanol–water partition coefficient (Wildman–Crippen LogP) is 3.73. The van der Waals surface area contributed by atoms with E-state index in [4.69, 9.17) is 8.92 Å². The number of benzene rings is 2. The molecule has 0 aromatic heterocycles. The van der Waals surface area contributed by atoms with E-state index in [-0.39, 0.29) is 17.4 Å². The van der Waals surface area contributed by atoms with Crippen molar-refractivity contribution >= 4 is 16.1 Å². The number of rotatable bonds is 6. The van der Waals surface area contributed by atoms with Crippen LogP contribution in [0, 0.1) is 12.8 Å². The molecule has 0 unspecified atom stereocenters. The Morgan fingerprint density at radius 1 is 1.04 bits per heavy atom. The largest absolute Gasteiger partial charge is 0.462 e. The highest BCUT2D eigenvalue weighted by Crippen LogP contribution is 2.31. The van der Waals surface area contributed by atoms with Crippen molar-refractivity contribution < 1.29 is 22.1 Å². The highest BCUT2D eigenvalue weighted by atomic mass is 32.2. The van der Waals surface area contributed by atoms with E-state index in [1.54, 1.807) is 48.5 Å². The van der Waals surface area contributed by atoms with Crippen molar-refractivity contribution in [3.05, 3.63) is 65.7 Å². The van der Waals surface area contributed by atoms with Gasteiger partial charge in [0.25, 0.3) is 10.1 Å². The number of aryl methyl sites for hydroxylation is 1. The van der Waals surface area contributed by atoms with Gasteiger partial charge in [-0.25, -0.2) is 4.79 Å². The van der Waals surface area contributed by atoms with Gasteiger partial charge in [-0.15, -0.1) is 0 Å². The Morgan fingerprint density at radius 2 is 1.73 bits per heavy atom. The van der Waals surface area contributed by atoms with Gasteiger partial charge in [0.2, 0.25) is 0 Å². The normalized spacial score (nSPS) is 20.0. The first kappa shape index (κ1) is 18.6. The van der Waals surface area contributed by atoms with Gasteiger partial charge in [-0.05, 0) is 44.0 Å². The summed E-state index contributed by atoms with van der Waals surface area (Å²) < 4.78 is 35.8. The number of ether oxygens (including phenoxy) is 1. The maximum atomic E-state index is 12.5. The third-order valence-corrected chi connectivity index (χ3v) is 5.94.